The minimum absolute atomic E-state index is 0.0221. The highest BCUT2D eigenvalue weighted by Gasteiger charge is 2.23. The van der Waals surface area contributed by atoms with Crippen molar-refractivity contribution >= 4 is 23.4 Å². The van der Waals surface area contributed by atoms with Crippen molar-refractivity contribution in [3.8, 4) is 0 Å². The molecule has 3 aromatic rings. The molecule has 1 N–H and O–H groups in total. The molecule has 1 atom stereocenters. The van der Waals surface area contributed by atoms with Gasteiger partial charge < -0.3 is 14.8 Å². The summed E-state index contributed by atoms with van der Waals surface area (Å²) in [5.74, 6) is -0.0221. The van der Waals surface area contributed by atoms with Crippen LogP contribution in [0.15, 0.2) is 70.6 Å². The monoisotopic (exact) mass is 448 g/mol. The Morgan fingerprint density at radius 1 is 1.03 bits per heavy atom. The van der Waals surface area contributed by atoms with Gasteiger partial charge in [0.15, 0.2) is 5.16 Å². The topological polar surface area (TPSA) is 69.3 Å². The average molecular weight is 449 g/mol. The van der Waals surface area contributed by atoms with Gasteiger partial charge in [-0.25, -0.2) is 4.98 Å². The van der Waals surface area contributed by atoms with Gasteiger partial charge in [0.2, 0.25) is 5.91 Å². The number of aromatic amines is 1. The number of hydrogen-bond donors (Lipinski definition) is 1. The van der Waals surface area contributed by atoms with E-state index in [0.29, 0.717) is 29.5 Å². The lowest BCUT2D eigenvalue weighted by molar-refractivity contribution is -0.130. The van der Waals surface area contributed by atoms with Crippen LogP contribution < -0.4 is 10.5 Å². The molecule has 1 aliphatic rings. The van der Waals surface area contributed by atoms with Crippen LogP contribution in [0.2, 0.25) is 0 Å². The van der Waals surface area contributed by atoms with Crippen molar-refractivity contribution in [1.29, 1.82) is 0 Å². The molecule has 2 aromatic carbocycles. The Morgan fingerprint density at radius 3 is 2.28 bits per heavy atom. The third kappa shape index (κ3) is 5.22. The second-order valence-corrected chi connectivity index (χ2v) is 9.32. The third-order valence-electron chi connectivity index (χ3n) is 5.84. The lowest BCUT2D eigenvalue weighted by Gasteiger charge is -2.36. The zero-order valence-electron chi connectivity index (χ0n) is 18.5. The van der Waals surface area contributed by atoms with Gasteiger partial charge >= 0.3 is 0 Å². The Kier molecular flexibility index (Phi) is 6.95. The molecule has 2 heterocycles. The first-order valence-corrected chi connectivity index (χ1v) is 11.8. The highest BCUT2D eigenvalue weighted by molar-refractivity contribution is 7.99. The number of amides is 1. The standard InChI is InChI=1S/C25H28N4O2S/c1-18-22(24(31)27-25(26-18)32-19(2)20-9-5-3-6-10-20)17-23(30)29-15-13-28(14-16-29)21-11-7-4-8-12-21/h3-12,19H,13-17H2,1-2H3,(H,26,27,31). The number of anilines is 1. The summed E-state index contributed by atoms with van der Waals surface area (Å²) in [6.07, 6.45) is 0.0820. The molecule has 32 heavy (non-hydrogen) atoms. The molecule has 1 saturated heterocycles. The number of carbonyl (C=O) groups is 1. The summed E-state index contributed by atoms with van der Waals surface area (Å²) < 4.78 is 0. The molecular formula is C25H28N4O2S. The highest BCUT2D eigenvalue weighted by atomic mass is 32.2. The number of hydrogen-bond acceptors (Lipinski definition) is 5. The van der Waals surface area contributed by atoms with Crippen LogP contribution >= 0.6 is 11.8 Å². The van der Waals surface area contributed by atoms with Gasteiger partial charge in [0.1, 0.15) is 0 Å². The van der Waals surface area contributed by atoms with Crippen molar-refractivity contribution in [2.24, 2.45) is 0 Å². The number of aryl methyl sites for hydroxylation is 1. The predicted octanol–water partition coefficient (Wildman–Crippen LogP) is 3.82. The molecule has 7 heteroatoms. The van der Waals surface area contributed by atoms with Gasteiger partial charge in [0.05, 0.1) is 6.42 Å². The van der Waals surface area contributed by atoms with Gasteiger partial charge in [0.25, 0.3) is 5.56 Å². The summed E-state index contributed by atoms with van der Waals surface area (Å²) in [6.45, 7) is 6.78. The lowest BCUT2D eigenvalue weighted by Crippen LogP contribution is -2.49. The molecule has 6 nitrogen and oxygen atoms in total. The Balaban J connectivity index is 1.38. The molecule has 1 aromatic heterocycles. The summed E-state index contributed by atoms with van der Waals surface area (Å²) in [7, 11) is 0. The summed E-state index contributed by atoms with van der Waals surface area (Å²) >= 11 is 1.51. The second kappa shape index (κ2) is 10.0. The summed E-state index contributed by atoms with van der Waals surface area (Å²) in [4.78, 5) is 37.2. The average Bonchev–Trinajstić information content (AvgIpc) is 2.82. The molecular weight excluding hydrogens is 420 g/mol. The molecule has 1 amide bonds. The number of piperazine rings is 1. The Labute approximate surface area is 192 Å². The van der Waals surface area contributed by atoms with Crippen molar-refractivity contribution in [2.75, 3.05) is 31.1 Å². The van der Waals surface area contributed by atoms with E-state index < -0.39 is 0 Å². The number of thioether (sulfide) groups is 1. The van der Waals surface area contributed by atoms with E-state index >= 15 is 0 Å². The number of carbonyl (C=O) groups excluding carboxylic acids is 1. The van der Waals surface area contributed by atoms with Gasteiger partial charge in [0, 0.05) is 48.4 Å². The maximum atomic E-state index is 12.9. The fourth-order valence-corrected chi connectivity index (χ4v) is 4.89. The molecule has 0 spiro atoms. The molecule has 166 valence electrons. The first-order chi connectivity index (χ1) is 15.5. The van der Waals surface area contributed by atoms with E-state index in [9.17, 15) is 9.59 Å². The lowest BCUT2D eigenvalue weighted by atomic mass is 10.1. The predicted molar refractivity (Wildman–Crippen MR) is 129 cm³/mol. The van der Waals surface area contributed by atoms with Crippen LogP contribution in [0.1, 0.15) is 29.0 Å². The van der Waals surface area contributed by atoms with E-state index in [0.717, 1.165) is 13.1 Å². The second-order valence-electron chi connectivity index (χ2n) is 7.99. The third-order valence-corrected chi connectivity index (χ3v) is 6.88. The van der Waals surface area contributed by atoms with Crippen LogP contribution in [-0.2, 0) is 11.2 Å². The zero-order chi connectivity index (χ0) is 22.5. The largest absolute Gasteiger partial charge is 0.368 e. The number of H-pyrrole nitrogens is 1. The maximum Gasteiger partial charge on any atom is 0.255 e. The molecule has 4 rings (SSSR count). The number of nitrogens with one attached hydrogen (secondary N) is 1. The van der Waals surface area contributed by atoms with E-state index in [2.05, 4.69) is 46.1 Å². The first kappa shape index (κ1) is 22.1. The van der Waals surface area contributed by atoms with Crippen molar-refractivity contribution in [3.63, 3.8) is 0 Å². The number of nitrogens with zero attached hydrogens (tertiary/aromatic N) is 3. The Morgan fingerprint density at radius 2 is 1.66 bits per heavy atom. The van der Waals surface area contributed by atoms with Crippen LogP contribution in [0.25, 0.3) is 0 Å². The zero-order valence-corrected chi connectivity index (χ0v) is 19.3. The summed E-state index contributed by atoms with van der Waals surface area (Å²) in [5, 5.41) is 0.740. The minimum atomic E-state index is -0.225. The van der Waals surface area contributed by atoms with Gasteiger partial charge in [-0.1, -0.05) is 60.3 Å². The van der Waals surface area contributed by atoms with Crippen LogP contribution in [0.4, 0.5) is 5.69 Å². The van der Waals surface area contributed by atoms with Crippen molar-refractivity contribution in [2.45, 2.75) is 30.7 Å². The quantitative estimate of drug-likeness (QED) is 0.459. The number of para-hydroxylation sites is 1. The van der Waals surface area contributed by atoms with Crippen LogP contribution in [0.5, 0.6) is 0 Å². The minimum Gasteiger partial charge on any atom is -0.368 e. The normalized spacial score (nSPS) is 14.9. The number of benzene rings is 2. The Hall–Kier alpha value is -3.06. The van der Waals surface area contributed by atoms with Crippen molar-refractivity contribution in [1.82, 2.24) is 14.9 Å². The number of rotatable bonds is 6. The summed E-state index contributed by atoms with van der Waals surface area (Å²) in [6, 6.07) is 20.3. The van der Waals surface area contributed by atoms with Gasteiger partial charge in [-0.05, 0) is 31.5 Å². The first-order valence-electron chi connectivity index (χ1n) is 10.9. The van der Waals surface area contributed by atoms with E-state index in [1.807, 2.05) is 48.2 Å². The molecule has 0 aliphatic carbocycles. The molecule has 1 unspecified atom stereocenters. The molecule has 1 aliphatic heterocycles. The van der Waals surface area contributed by atoms with Crippen molar-refractivity contribution < 1.29 is 4.79 Å². The van der Waals surface area contributed by atoms with E-state index in [4.69, 9.17) is 0 Å². The van der Waals surface area contributed by atoms with Gasteiger partial charge in [-0.2, -0.15) is 0 Å². The fraction of sp³-hybridized carbons (Fsp3) is 0.320. The van der Waals surface area contributed by atoms with E-state index in [1.165, 1.54) is 23.0 Å². The molecule has 0 saturated carbocycles. The Bertz CT molecular complexity index is 1110. The van der Waals surface area contributed by atoms with Crippen LogP contribution in [0, 0.1) is 6.92 Å². The van der Waals surface area contributed by atoms with Crippen LogP contribution in [-0.4, -0.2) is 47.0 Å². The molecule has 0 bridgehead atoms. The summed E-state index contributed by atoms with van der Waals surface area (Å²) in [5.41, 5.74) is 3.20. The van der Waals surface area contributed by atoms with Gasteiger partial charge in [-0.3, -0.25) is 9.59 Å². The van der Waals surface area contributed by atoms with Gasteiger partial charge in [-0.15, -0.1) is 0 Å². The molecule has 0 radical (unpaired) electrons. The van der Waals surface area contributed by atoms with Crippen LogP contribution in [0.3, 0.4) is 0 Å². The highest BCUT2D eigenvalue weighted by Crippen LogP contribution is 2.32. The van der Waals surface area contributed by atoms with Crippen molar-refractivity contribution in [3.05, 3.63) is 87.8 Å². The fourth-order valence-electron chi connectivity index (χ4n) is 3.92. The van der Waals surface area contributed by atoms with E-state index in [-0.39, 0.29) is 23.1 Å². The smallest absolute Gasteiger partial charge is 0.255 e. The van der Waals surface area contributed by atoms with E-state index in [1.54, 1.807) is 0 Å². The number of aromatic nitrogens is 2. The maximum absolute atomic E-state index is 12.9. The molecule has 1 fully saturated rings. The SMILES string of the molecule is Cc1nc(SC(C)c2ccccc2)[nH]c(=O)c1CC(=O)N1CCN(c2ccccc2)CC1.